The van der Waals surface area contributed by atoms with E-state index in [0.717, 1.165) is 65.4 Å². The molecule has 2 aliphatic carbocycles. The van der Waals surface area contributed by atoms with Crippen LogP contribution in [0.3, 0.4) is 0 Å². The summed E-state index contributed by atoms with van der Waals surface area (Å²) >= 11 is 0. The average molecular weight is 754 g/mol. The number of morpholine rings is 1. The summed E-state index contributed by atoms with van der Waals surface area (Å²) < 4.78 is 49.0. The lowest BCUT2D eigenvalue weighted by atomic mass is 9.81. The summed E-state index contributed by atoms with van der Waals surface area (Å²) in [6.45, 7) is 1.60. The number of carbonyl (C=O) groups is 2. The molecule has 2 aromatic carbocycles. The van der Waals surface area contributed by atoms with Crippen LogP contribution in [0, 0.1) is 0 Å². The van der Waals surface area contributed by atoms with Gasteiger partial charge in [0.1, 0.15) is 5.75 Å². The maximum atomic E-state index is 14.3. The van der Waals surface area contributed by atoms with E-state index >= 15 is 0 Å². The zero-order chi connectivity index (χ0) is 37.6. The van der Waals surface area contributed by atoms with Gasteiger partial charge in [-0.3, -0.25) is 14.3 Å². The summed E-state index contributed by atoms with van der Waals surface area (Å²) in [5.74, 6) is 0.254. The van der Waals surface area contributed by atoms with Crippen molar-refractivity contribution in [1.29, 1.82) is 0 Å². The fourth-order valence-electron chi connectivity index (χ4n) is 8.57. The maximum Gasteiger partial charge on any atom is 0.264 e. The molecule has 54 heavy (non-hydrogen) atoms. The summed E-state index contributed by atoms with van der Waals surface area (Å²) in [5, 5.41) is 5.12. The van der Waals surface area contributed by atoms with Crippen LogP contribution in [0.2, 0.25) is 0 Å². The van der Waals surface area contributed by atoms with Crippen molar-refractivity contribution in [1.82, 2.24) is 24.0 Å². The monoisotopic (exact) mass is 753 g/mol. The molecule has 4 aliphatic rings. The Morgan fingerprint density at radius 1 is 1.00 bits per heavy atom. The molecule has 2 amide bonds. The topological polar surface area (TPSA) is 134 Å². The van der Waals surface area contributed by atoms with Gasteiger partial charge in [0, 0.05) is 35.6 Å². The number of fused-ring (bicyclic) bond motifs is 5. The quantitative estimate of drug-likeness (QED) is 0.198. The highest BCUT2D eigenvalue weighted by atomic mass is 32.2. The molecule has 8 rings (SSSR count). The van der Waals surface area contributed by atoms with Gasteiger partial charge < -0.3 is 23.7 Å². The molecule has 1 saturated heterocycles. The minimum atomic E-state index is -3.77. The normalized spacial score (nSPS) is 19.5. The molecule has 1 N–H and O–H groups in total. The maximum absolute atomic E-state index is 14.3. The second kappa shape index (κ2) is 14.7. The third-order valence-electron chi connectivity index (χ3n) is 11.6. The molecule has 2 saturated carbocycles. The lowest BCUT2D eigenvalue weighted by molar-refractivity contribution is -0.000549. The van der Waals surface area contributed by atoms with Crippen LogP contribution in [0.4, 0.5) is 0 Å². The average Bonchev–Trinajstić information content (AvgIpc) is 3.64. The van der Waals surface area contributed by atoms with Crippen LogP contribution in [0.15, 0.2) is 54.9 Å². The summed E-state index contributed by atoms with van der Waals surface area (Å²) in [6.07, 6.45) is 14.4. The number of methoxy groups -OCH3 is 2. The van der Waals surface area contributed by atoms with E-state index in [0.29, 0.717) is 62.0 Å². The van der Waals surface area contributed by atoms with Crippen molar-refractivity contribution >= 4 is 44.4 Å². The Balaban J connectivity index is 1.28. The van der Waals surface area contributed by atoms with Gasteiger partial charge in [0.15, 0.2) is 0 Å². The minimum Gasteiger partial charge on any atom is -0.505 e. The van der Waals surface area contributed by atoms with Crippen LogP contribution >= 0.6 is 0 Å². The highest BCUT2D eigenvalue weighted by Gasteiger charge is 2.35. The number of allylic oxidation sites excluding steroid dienone is 1. The van der Waals surface area contributed by atoms with Gasteiger partial charge >= 0.3 is 0 Å². The van der Waals surface area contributed by atoms with E-state index in [2.05, 4.69) is 26.5 Å². The number of aryl methyl sites for hydroxylation is 1. The SMILES string of the molecule is COC=CC1CN(C(=O)c2cnn(C)c2C2=Cc3cc(OC)ccc3-c3c(C4CCCCC4)c4ccc(C(=O)NS(=O)(=O)C5CCC5)cc4n3C2)CCO1. The van der Waals surface area contributed by atoms with Crippen molar-refractivity contribution in [3.8, 4) is 17.0 Å². The molecule has 3 fully saturated rings. The zero-order valence-electron chi connectivity index (χ0n) is 31.0. The van der Waals surface area contributed by atoms with E-state index in [1.165, 1.54) is 12.0 Å². The first-order chi connectivity index (χ1) is 26.2. The van der Waals surface area contributed by atoms with Crippen LogP contribution in [-0.2, 0) is 33.1 Å². The Labute approximate surface area is 315 Å². The second-order valence-electron chi connectivity index (χ2n) is 14.8. The number of amides is 2. The third-order valence-corrected chi connectivity index (χ3v) is 13.4. The predicted molar refractivity (Wildman–Crippen MR) is 207 cm³/mol. The standard InChI is InChI=1S/C41H47N5O7S/c1-44-38(35(23-42-44)41(48)45-17-19-53-31(25-45)16-18-51-2)29-20-28-21-30(52-3)13-15-33(28)39-37(26-8-5-4-6-9-26)34-14-12-27(22-36(34)46(39)24-29)40(47)43-54(49,50)32-10-7-11-32/h12-16,18,20-23,26,31-32H,4-11,17,19,24-25H2,1-3H3,(H,43,47). The molecule has 284 valence electrons. The lowest BCUT2D eigenvalue weighted by Gasteiger charge is -2.31. The smallest absolute Gasteiger partial charge is 0.264 e. The van der Waals surface area contributed by atoms with Gasteiger partial charge in [0.25, 0.3) is 11.8 Å². The number of sulfonamides is 1. The first kappa shape index (κ1) is 36.1. The van der Waals surface area contributed by atoms with Crippen LogP contribution < -0.4 is 9.46 Å². The predicted octanol–water partition coefficient (Wildman–Crippen LogP) is 6.27. The number of hydrogen-bond acceptors (Lipinski definition) is 8. The number of hydrogen-bond donors (Lipinski definition) is 1. The van der Waals surface area contributed by atoms with E-state index in [9.17, 15) is 18.0 Å². The first-order valence-corrected chi connectivity index (χ1v) is 20.4. The molecule has 2 aliphatic heterocycles. The largest absolute Gasteiger partial charge is 0.505 e. The van der Waals surface area contributed by atoms with Gasteiger partial charge in [0.2, 0.25) is 10.0 Å². The number of ether oxygens (including phenoxy) is 3. The first-order valence-electron chi connectivity index (χ1n) is 18.9. The molecule has 0 bridgehead atoms. The van der Waals surface area contributed by atoms with Crippen molar-refractivity contribution < 1.29 is 32.2 Å². The van der Waals surface area contributed by atoms with Gasteiger partial charge in [-0.15, -0.1) is 0 Å². The molecule has 13 heteroatoms. The summed E-state index contributed by atoms with van der Waals surface area (Å²) in [6, 6.07) is 11.7. The van der Waals surface area contributed by atoms with Crippen LogP contribution in [-0.4, -0.2) is 84.7 Å². The Morgan fingerprint density at radius 2 is 1.81 bits per heavy atom. The molecule has 12 nitrogen and oxygen atoms in total. The summed E-state index contributed by atoms with van der Waals surface area (Å²) in [7, 11) is 1.31. The van der Waals surface area contributed by atoms with Crippen molar-refractivity contribution in [2.45, 2.75) is 75.2 Å². The molecular formula is C41H47N5O7S. The van der Waals surface area contributed by atoms with Crippen LogP contribution in [0.25, 0.3) is 33.8 Å². The van der Waals surface area contributed by atoms with Crippen LogP contribution in [0.1, 0.15) is 94.8 Å². The second-order valence-corrected chi connectivity index (χ2v) is 16.8. The number of aromatic nitrogens is 3. The van der Waals surface area contributed by atoms with Gasteiger partial charge in [-0.25, -0.2) is 13.1 Å². The van der Waals surface area contributed by atoms with Gasteiger partial charge in [-0.05, 0) is 90.8 Å². The van der Waals surface area contributed by atoms with Crippen molar-refractivity contribution in [2.24, 2.45) is 7.05 Å². The Bertz CT molecular complexity index is 2280. The Kier molecular flexibility index (Phi) is 9.86. The summed E-state index contributed by atoms with van der Waals surface area (Å²) in [4.78, 5) is 29.7. The molecule has 4 aromatic rings. The van der Waals surface area contributed by atoms with E-state index in [1.54, 1.807) is 42.3 Å². The van der Waals surface area contributed by atoms with Crippen molar-refractivity contribution in [2.75, 3.05) is 33.9 Å². The molecule has 4 heterocycles. The van der Waals surface area contributed by atoms with E-state index in [-0.39, 0.29) is 17.6 Å². The van der Waals surface area contributed by atoms with E-state index in [4.69, 9.17) is 14.2 Å². The molecule has 1 atom stereocenters. The zero-order valence-corrected chi connectivity index (χ0v) is 31.9. The molecule has 1 unspecified atom stereocenters. The summed E-state index contributed by atoms with van der Waals surface area (Å²) in [5.41, 5.74) is 7.44. The van der Waals surface area contributed by atoms with Gasteiger partial charge in [-0.1, -0.05) is 31.7 Å². The number of rotatable bonds is 9. The fourth-order valence-corrected chi connectivity index (χ4v) is 10.1. The van der Waals surface area contributed by atoms with E-state index < -0.39 is 21.2 Å². The van der Waals surface area contributed by atoms with Crippen molar-refractivity contribution in [3.63, 3.8) is 0 Å². The lowest BCUT2D eigenvalue weighted by Crippen LogP contribution is -2.45. The molecule has 0 spiro atoms. The fraction of sp³-hybridized carbons (Fsp3) is 0.439. The Morgan fingerprint density at radius 3 is 2.56 bits per heavy atom. The van der Waals surface area contributed by atoms with E-state index in [1.807, 2.05) is 37.4 Å². The van der Waals surface area contributed by atoms with Gasteiger partial charge in [0.05, 0.1) is 74.7 Å². The Hall–Kier alpha value is -4.88. The molecular weight excluding hydrogens is 707 g/mol. The van der Waals surface area contributed by atoms with Crippen LogP contribution in [0.5, 0.6) is 5.75 Å². The number of nitrogens with one attached hydrogen (secondary N) is 1. The molecule has 2 aromatic heterocycles. The number of nitrogens with zero attached hydrogens (tertiary/aromatic N) is 4. The highest BCUT2D eigenvalue weighted by Crippen LogP contribution is 2.48. The third kappa shape index (κ3) is 6.61. The highest BCUT2D eigenvalue weighted by molar-refractivity contribution is 7.90. The number of carbonyl (C=O) groups excluding carboxylic acids is 2. The van der Waals surface area contributed by atoms with Crippen molar-refractivity contribution in [3.05, 3.63) is 82.9 Å². The molecule has 0 radical (unpaired) electrons. The number of benzene rings is 2. The minimum absolute atomic E-state index is 0.139. The van der Waals surface area contributed by atoms with Gasteiger partial charge in [-0.2, -0.15) is 5.10 Å².